The van der Waals surface area contributed by atoms with Crippen molar-refractivity contribution in [3.63, 3.8) is 0 Å². The fraction of sp³-hybridized carbons (Fsp3) is 0.0870. The van der Waals surface area contributed by atoms with E-state index >= 15 is 0 Å². The van der Waals surface area contributed by atoms with Gasteiger partial charge in [0.15, 0.2) is 5.76 Å². The van der Waals surface area contributed by atoms with Crippen LogP contribution >= 0.6 is 15.9 Å². The predicted octanol–water partition coefficient (Wildman–Crippen LogP) is 5.51. The molecule has 0 saturated carbocycles. The summed E-state index contributed by atoms with van der Waals surface area (Å²) in [5.41, 5.74) is 3.00. The summed E-state index contributed by atoms with van der Waals surface area (Å²) in [6, 6.07) is 24.1. The van der Waals surface area contributed by atoms with Crippen molar-refractivity contribution >= 4 is 33.1 Å². The molecule has 1 aliphatic rings. The van der Waals surface area contributed by atoms with Gasteiger partial charge in [-0.15, -0.1) is 0 Å². The first-order chi connectivity index (χ1) is 13.6. The Balaban J connectivity index is 1.89. The highest BCUT2D eigenvalue weighted by molar-refractivity contribution is 9.10. The number of anilines is 1. The SMILES string of the molecule is COc1ccc(N2C(=O)C(O)=C(c3ccccc3)C2c2cccc(Br)c2)cc1. The van der Waals surface area contributed by atoms with E-state index in [1.165, 1.54) is 0 Å². The van der Waals surface area contributed by atoms with E-state index in [1.54, 1.807) is 24.1 Å². The van der Waals surface area contributed by atoms with Crippen molar-refractivity contribution in [2.45, 2.75) is 6.04 Å². The quantitative estimate of drug-likeness (QED) is 0.587. The van der Waals surface area contributed by atoms with E-state index in [-0.39, 0.29) is 5.76 Å². The number of methoxy groups -OCH3 is 1. The minimum absolute atomic E-state index is 0.230. The number of carbonyl (C=O) groups is 1. The van der Waals surface area contributed by atoms with Crippen LogP contribution in [0.25, 0.3) is 5.57 Å². The largest absolute Gasteiger partial charge is 0.503 e. The minimum Gasteiger partial charge on any atom is -0.503 e. The Kier molecular flexibility index (Phi) is 4.92. The summed E-state index contributed by atoms with van der Waals surface area (Å²) >= 11 is 3.51. The Morgan fingerprint density at radius 2 is 1.68 bits per heavy atom. The highest BCUT2D eigenvalue weighted by Crippen LogP contribution is 2.45. The highest BCUT2D eigenvalue weighted by atomic mass is 79.9. The van der Waals surface area contributed by atoms with Gasteiger partial charge in [0.2, 0.25) is 0 Å². The van der Waals surface area contributed by atoms with Gasteiger partial charge in [0.05, 0.1) is 13.2 Å². The topological polar surface area (TPSA) is 49.8 Å². The summed E-state index contributed by atoms with van der Waals surface area (Å²) in [4.78, 5) is 14.7. The maximum absolute atomic E-state index is 13.1. The summed E-state index contributed by atoms with van der Waals surface area (Å²) in [6.45, 7) is 0. The van der Waals surface area contributed by atoms with Gasteiger partial charge in [0, 0.05) is 15.7 Å². The number of hydrogen-bond donors (Lipinski definition) is 1. The number of aliphatic hydroxyl groups is 1. The summed E-state index contributed by atoms with van der Waals surface area (Å²) in [6.07, 6.45) is 0. The molecule has 0 bridgehead atoms. The van der Waals surface area contributed by atoms with Gasteiger partial charge >= 0.3 is 0 Å². The number of halogens is 1. The third-order valence-electron chi connectivity index (χ3n) is 4.81. The Bertz CT molecular complexity index is 1040. The molecule has 1 N–H and O–H groups in total. The average Bonchev–Trinajstić information content (AvgIpc) is 3.00. The molecule has 4 nitrogen and oxygen atoms in total. The molecule has 0 fully saturated rings. The van der Waals surface area contributed by atoms with Gasteiger partial charge in [0.25, 0.3) is 5.91 Å². The van der Waals surface area contributed by atoms with Gasteiger partial charge in [-0.05, 0) is 47.5 Å². The number of benzene rings is 3. The van der Waals surface area contributed by atoms with Crippen molar-refractivity contribution in [3.05, 3.63) is 100 Å². The van der Waals surface area contributed by atoms with E-state index < -0.39 is 11.9 Å². The number of nitrogens with zero attached hydrogens (tertiary/aromatic N) is 1. The highest BCUT2D eigenvalue weighted by Gasteiger charge is 2.41. The number of rotatable bonds is 4. The predicted molar refractivity (Wildman–Crippen MR) is 113 cm³/mol. The number of ether oxygens (including phenoxy) is 1. The molecular formula is C23H18BrNO3. The van der Waals surface area contributed by atoms with E-state index in [0.29, 0.717) is 17.0 Å². The second kappa shape index (κ2) is 7.52. The molecule has 0 spiro atoms. The van der Waals surface area contributed by atoms with E-state index in [2.05, 4.69) is 15.9 Å². The lowest BCUT2D eigenvalue weighted by atomic mass is 9.93. The zero-order valence-electron chi connectivity index (χ0n) is 15.2. The monoisotopic (exact) mass is 435 g/mol. The standard InChI is InChI=1S/C23H18BrNO3/c1-28-19-12-10-18(11-13-19)25-21(16-8-5-9-17(24)14-16)20(22(26)23(25)27)15-6-3-2-4-7-15/h2-14,21,26H,1H3. The average molecular weight is 436 g/mol. The van der Waals surface area contributed by atoms with Crippen LogP contribution in [0, 0.1) is 0 Å². The molecule has 3 aromatic carbocycles. The summed E-state index contributed by atoms with van der Waals surface area (Å²) in [5, 5.41) is 10.8. The Labute approximate surface area is 171 Å². The van der Waals surface area contributed by atoms with Gasteiger partial charge < -0.3 is 9.84 Å². The van der Waals surface area contributed by atoms with Crippen molar-refractivity contribution in [2.24, 2.45) is 0 Å². The van der Waals surface area contributed by atoms with Crippen LogP contribution in [-0.4, -0.2) is 18.1 Å². The first-order valence-electron chi connectivity index (χ1n) is 8.82. The van der Waals surface area contributed by atoms with E-state index in [1.807, 2.05) is 66.7 Å². The molecular weight excluding hydrogens is 418 g/mol. The van der Waals surface area contributed by atoms with Crippen LogP contribution in [0.2, 0.25) is 0 Å². The van der Waals surface area contributed by atoms with Gasteiger partial charge in [-0.3, -0.25) is 9.69 Å². The van der Waals surface area contributed by atoms with Crippen LogP contribution in [0.1, 0.15) is 17.2 Å². The summed E-state index contributed by atoms with van der Waals surface area (Å²) < 4.78 is 6.14. The molecule has 0 aliphatic carbocycles. The normalized spacial score (nSPS) is 16.6. The number of aliphatic hydroxyl groups excluding tert-OH is 1. The van der Waals surface area contributed by atoms with Gasteiger partial charge in [-0.2, -0.15) is 0 Å². The molecule has 3 aromatic rings. The number of hydrogen-bond acceptors (Lipinski definition) is 3. The number of carbonyl (C=O) groups excluding carboxylic acids is 1. The molecule has 0 saturated heterocycles. The fourth-order valence-electron chi connectivity index (χ4n) is 3.52. The molecule has 1 unspecified atom stereocenters. The summed E-state index contributed by atoms with van der Waals surface area (Å²) in [5.74, 6) is 0.0517. The van der Waals surface area contributed by atoms with Crippen LogP contribution in [0.15, 0.2) is 89.1 Å². The van der Waals surface area contributed by atoms with Crippen molar-refractivity contribution in [2.75, 3.05) is 12.0 Å². The van der Waals surface area contributed by atoms with Gasteiger partial charge in [-0.25, -0.2) is 0 Å². The van der Waals surface area contributed by atoms with Crippen LogP contribution in [-0.2, 0) is 4.79 Å². The number of amides is 1. The fourth-order valence-corrected chi connectivity index (χ4v) is 3.94. The second-order valence-corrected chi connectivity index (χ2v) is 7.37. The van der Waals surface area contributed by atoms with Crippen molar-refractivity contribution in [1.82, 2.24) is 0 Å². The smallest absolute Gasteiger partial charge is 0.294 e. The van der Waals surface area contributed by atoms with Crippen LogP contribution in [0.4, 0.5) is 5.69 Å². The van der Waals surface area contributed by atoms with Crippen molar-refractivity contribution in [1.29, 1.82) is 0 Å². The first kappa shape index (κ1) is 18.3. The molecule has 5 heteroatoms. The molecule has 1 heterocycles. The lowest BCUT2D eigenvalue weighted by molar-refractivity contribution is -0.117. The zero-order valence-corrected chi connectivity index (χ0v) is 16.8. The van der Waals surface area contributed by atoms with E-state index in [9.17, 15) is 9.90 Å². The third kappa shape index (κ3) is 3.18. The Morgan fingerprint density at radius 3 is 2.32 bits per heavy atom. The lowest BCUT2D eigenvalue weighted by Crippen LogP contribution is -2.30. The molecule has 1 atom stereocenters. The van der Waals surface area contributed by atoms with Gasteiger partial charge in [0.1, 0.15) is 5.75 Å². The lowest BCUT2D eigenvalue weighted by Gasteiger charge is -2.27. The molecule has 1 aliphatic heterocycles. The molecule has 0 aromatic heterocycles. The molecule has 0 radical (unpaired) electrons. The van der Waals surface area contributed by atoms with E-state index in [0.717, 1.165) is 15.6 Å². The molecule has 140 valence electrons. The molecule has 1 amide bonds. The summed E-state index contributed by atoms with van der Waals surface area (Å²) in [7, 11) is 1.60. The molecule has 28 heavy (non-hydrogen) atoms. The van der Waals surface area contributed by atoms with Crippen LogP contribution in [0.3, 0.4) is 0 Å². The maximum Gasteiger partial charge on any atom is 0.294 e. The first-order valence-corrected chi connectivity index (χ1v) is 9.61. The van der Waals surface area contributed by atoms with Crippen LogP contribution in [0.5, 0.6) is 5.75 Å². The zero-order chi connectivity index (χ0) is 19.7. The van der Waals surface area contributed by atoms with E-state index in [4.69, 9.17) is 4.74 Å². The third-order valence-corrected chi connectivity index (χ3v) is 5.30. The Morgan fingerprint density at radius 1 is 0.964 bits per heavy atom. The van der Waals surface area contributed by atoms with Gasteiger partial charge in [-0.1, -0.05) is 58.4 Å². The van der Waals surface area contributed by atoms with Crippen molar-refractivity contribution in [3.8, 4) is 5.75 Å². The second-order valence-electron chi connectivity index (χ2n) is 6.46. The minimum atomic E-state index is -0.444. The molecule has 4 rings (SSSR count). The van der Waals surface area contributed by atoms with Crippen molar-refractivity contribution < 1.29 is 14.6 Å². The maximum atomic E-state index is 13.1. The Hall–Kier alpha value is -3.05. The van der Waals surface area contributed by atoms with Crippen LogP contribution < -0.4 is 9.64 Å².